The molecule has 0 fully saturated rings. The van der Waals surface area contributed by atoms with Gasteiger partial charge in [-0.3, -0.25) is 4.99 Å². The van der Waals surface area contributed by atoms with Gasteiger partial charge in [0, 0.05) is 40.5 Å². The highest BCUT2D eigenvalue weighted by molar-refractivity contribution is 5.79. The summed E-state index contributed by atoms with van der Waals surface area (Å²) in [4.78, 5) is 4.23. The van der Waals surface area contributed by atoms with E-state index in [1.54, 1.807) is 14.2 Å². The Hall–Kier alpha value is -1.59. The van der Waals surface area contributed by atoms with E-state index in [0.29, 0.717) is 0 Å². The lowest BCUT2D eigenvalue weighted by molar-refractivity contribution is 0.0646. The standard InChI is InChI=1S/C19H33N3O2/c1-17(18-11-6-4-7-12-18)24-16-10-14-22-19(20-2)21-13-8-5-9-15-23-3/h4,6-7,11-12,17H,5,8-10,13-16H2,1-3H3,(H2,20,21,22). The third-order valence-corrected chi connectivity index (χ3v) is 3.79. The molecular weight excluding hydrogens is 302 g/mol. The smallest absolute Gasteiger partial charge is 0.190 e. The van der Waals surface area contributed by atoms with E-state index in [1.807, 2.05) is 18.2 Å². The number of rotatable bonds is 12. The van der Waals surface area contributed by atoms with E-state index in [9.17, 15) is 0 Å². The van der Waals surface area contributed by atoms with Crippen molar-refractivity contribution in [2.24, 2.45) is 4.99 Å². The molecule has 1 unspecified atom stereocenters. The van der Waals surface area contributed by atoms with Crippen molar-refractivity contribution in [1.82, 2.24) is 10.6 Å². The SMILES string of the molecule is CN=C(NCCCCCOC)NCCCOC(C)c1ccccc1. The number of unbranched alkanes of at least 4 members (excludes halogenated alkanes) is 2. The van der Waals surface area contributed by atoms with Crippen LogP contribution in [0.25, 0.3) is 0 Å². The lowest BCUT2D eigenvalue weighted by Crippen LogP contribution is -2.38. The van der Waals surface area contributed by atoms with E-state index >= 15 is 0 Å². The highest BCUT2D eigenvalue weighted by Crippen LogP contribution is 2.15. The van der Waals surface area contributed by atoms with Crippen LogP contribution in [0.5, 0.6) is 0 Å². The van der Waals surface area contributed by atoms with Crippen LogP contribution in [0.4, 0.5) is 0 Å². The minimum atomic E-state index is 0.135. The van der Waals surface area contributed by atoms with Crippen molar-refractivity contribution in [3.63, 3.8) is 0 Å². The average Bonchev–Trinajstić information content (AvgIpc) is 2.63. The number of ether oxygens (including phenoxy) is 2. The van der Waals surface area contributed by atoms with Gasteiger partial charge in [-0.25, -0.2) is 0 Å². The molecule has 24 heavy (non-hydrogen) atoms. The average molecular weight is 335 g/mol. The number of benzene rings is 1. The Morgan fingerprint density at radius 2 is 1.71 bits per heavy atom. The van der Waals surface area contributed by atoms with Crippen LogP contribution in [-0.4, -0.2) is 46.4 Å². The second-order valence-corrected chi connectivity index (χ2v) is 5.76. The minimum absolute atomic E-state index is 0.135. The first-order chi connectivity index (χ1) is 11.8. The molecule has 1 atom stereocenters. The molecule has 2 N–H and O–H groups in total. The van der Waals surface area contributed by atoms with Gasteiger partial charge in [0.25, 0.3) is 0 Å². The predicted molar refractivity (Wildman–Crippen MR) is 101 cm³/mol. The molecule has 0 saturated heterocycles. The Kier molecular flexibility index (Phi) is 11.8. The van der Waals surface area contributed by atoms with Crippen LogP contribution in [0.15, 0.2) is 35.3 Å². The molecule has 0 aliphatic heterocycles. The highest BCUT2D eigenvalue weighted by atomic mass is 16.5. The molecule has 1 aromatic rings. The summed E-state index contributed by atoms with van der Waals surface area (Å²) in [6, 6.07) is 10.3. The van der Waals surface area contributed by atoms with E-state index in [2.05, 4.69) is 34.7 Å². The summed E-state index contributed by atoms with van der Waals surface area (Å²) in [6.45, 7) is 5.45. The molecule has 5 nitrogen and oxygen atoms in total. The quantitative estimate of drug-likeness (QED) is 0.350. The lowest BCUT2D eigenvalue weighted by atomic mass is 10.1. The van der Waals surface area contributed by atoms with Gasteiger partial charge in [0.15, 0.2) is 5.96 Å². The maximum atomic E-state index is 5.87. The number of nitrogens with zero attached hydrogens (tertiary/aromatic N) is 1. The number of nitrogens with one attached hydrogen (secondary N) is 2. The third-order valence-electron chi connectivity index (χ3n) is 3.79. The number of hydrogen-bond donors (Lipinski definition) is 2. The van der Waals surface area contributed by atoms with Crippen LogP contribution in [0.2, 0.25) is 0 Å². The van der Waals surface area contributed by atoms with Crippen LogP contribution in [0, 0.1) is 0 Å². The fraction of sp³-hybridized carbons (Fsp3) is 0.632. The van der Waals surface area contributed by atoms with E-state index in [4.69, 9.17) is 9.47 Å². The van der Waals surface area contributed by atoms with E-state index < -0.39 is 0 Å². The molecule has 0 saturated carbocycles. The first kappa shape index (κ1) is 20.5. The predicted octanol–water partition coefficient (Wildman–Crippen LogP) is 3.14. The normalized spacial score (nSPS) is 12.9. The van der Waals surface area contributed by atoms with Gasteiger partial charge in [-0.2, -0.15) is 0 Å². The fourth-order valence-electron chi connectivity index (χ4n) is 2.33. The fourth-order valence-corrected chi connectivity index (χ4v) is 2.33. The minimum Gasteiger partial charge on any atom is -0.385 e. The van der Waals surface area contributed by atoms with Crippen molar-refractivity contribution in [3.8, 4) is 0 Å². The van der Waals surface area contributed by atoms with Crippen molar-refractivity contribution in [1.29, 1.82) is 0 Å². The van der Waals surface area contributed by atoms with Crippen molar-refractivity contribution >= 4 is 5.96 Å². The number of methoxy groups -OCH3 is 1. The zero-order chi connectivity index (χ0) is 17.5. The summed E-state index contributed by atoms with van der Waals surface area (Å²) in [7, 11) is 3.54. The van der Waals surface area contributed by atoms with Crippen molar-refractivity contribution in [2.45, 2.75) is 38.7 Å². The first-order valence-corrected chi connectivity index (χ1v) is 8.88. The molecule has 136 valence electrons. The molecule has 0 amide bonds. The van der Waals surface area contributed by atoms with Crippen LogP contribution in [0.3, 0.4) is 0 Å². The Labute approximate surface area is 146 Å². The Balaban J connectivity index is 2.04. The lowest BCUT2D eigenvalue weighted by Gasteiger charge is -2.14. The van der Waals surface area contributed by atoms with Crippen molar-refractivity contribution < 1.29 is 9.47 Å². The van der Waals surface area contributed by atoms with E-state index in [0.717, 1.165) is 51.5 Å². The molecule has 0 heterocycles. The molecule has 5 heteroatoms. The zero-order valence-corrected chi connectivity index (χ0v) is 15.4. The first-order valence-electron chi connectivity index (χ1n) is 8.88. The van der Waals surface area contributed by atoms with Gasteiger partial charge in [0.05, 0.1) is 6.10 Å². The molecule has 0 radical (unpaired) electrons. The van der Waals surface area contributed by atoms with E-state index in [1.165, 1.54) is 12.0 Å². The maximum absolute atomic E-state index is 5.87. The van der Waals surface area contributed by atoms with Crippen LogP contribution in [-0.2, 0) is 9.47 Å². The second-order valence-electron chi connectivity index (χ2n) is 5.76. The molecular formula is C19H33N3O2. The van der Waals surface area contributed by atoms with Crippen molar-refractivity contribution in [2.75, 3.05) is 40.5 Å². The van der Waals surface area contributed by atoms with Gasteiger partial charge >= 0.3 is 0 Å². The van der Waals surface area contributed by atoms with Gasteiger partial charge < -0.3 is 20.1 Å². The number of guanidine groups is 1. The Bertz CT molecular complexity index is 437. The van der Waals surface area contributed by atoms with Gasteiger partial charge in [0.1, 0.15) is 0 Å². The highest BCUT2D eigenvalue weighted by Gasteiger charge is 2.04. The molecule has 0 aliphatic rings. The zero-order valence-electron chi connectivity index (χ0n) is 15.4. The summed E-state index contributed by atoms with van der Waals surface area (Å²) in [5, 5.41) is 6.65. The summed E-state index contributed by atoms with van der Waals surface area (Å²) in [5.41, 5.74) is 1.22. The van der Waals surface area contributed by atoms with Crippen LogP contribution >= 0.6 is 0 Å². The van der Waals surface area contributed by atoms with Gasteiger partial charge in [-0.15, -0.1) is 0 Å². The Morgan fingerprint density at radius 3 is 2.38 bits per heavy atom. The summed E-state index contributed by atoms with van der Waals surface area (Å²) >= 11 is 0. The largest absolute Gasteiger partial charge is 0.385 e. The van der Waals surface area contributed by atoms with Gasteiger partial charge in [0.2, 0.25) is 0 Å². The molecule has 0 spiro atoms. The number of aliphatic imine (C=N–C) groups is 1. The van der Waals surface area contributed by atoms with Gasteiger partial charge in [-0.1, -0.05) is 30.3 Å². The summed E-state index contributed by atoms with van der Waals surface area (Å²) < 4.78 is 10.9. The Morgan fingerprint density at radius 1 is 1.00 bits per heavy atom. The molecule has 0 aromatic heterocycles. The summed E-state index contributed by atoms with van der Waals surface area (Å²) in [6.07, 6.45) is 4.49. The topological polar surface area (TPSA) is 54.9 Å². The van der Waals surface area contributed by atoms with Crippen molar-refractivity contribution in [3.05, 3.63) is 35.9 Å². The molecule has 0 bridgehead atoms. The molecule has 1 aromatic carbocycles. The van der Waals surface area contributed by atoms with E-state index in [-0.39, 0.29) is 6.10 Å². The molecule has 0 aliphatic carbocycles. The molecule has 1 rings (SSSR count). The second kappa shape index (κ2) is 13.8. The summed E-state index contributed by atoms with van der Waals surface area (Å²) in [5.74, 6) is 0.859. The third kappa shape index (κ3) is 9.53. The van der Waals surface area contributed by atoms with Gasteiger partial charge in [-0.05, 0) is 38.2 Å². The number of hydrogen-bond acceptors (Lipinski definition) is 3. The maximum Gasteiger partial charge on any atom is 0.190 e. The van der Waals surface area contributed by atoms with Crippen LogP contribution < -0.4 is 10.6 Å². The van der Waals surface area contributed by atoms with Crippen LogP contribution in [0.1, 0.15) is 44.3 Å². The monoisotopic (exact) mass is 335 g/mol.